The molecule has 0 unspecified atom stereocenters. The van der Waals surface area contributed by atoms with Crippen molar-refractivity contribution in [1.29, 1.82) is 0 Å². The summed E-state index contributed by atoms with van der Waals surface area (Å²) in [4.78, 5) is 4.57. The lowest BCUT2D eigenvalue weighted by Gasteiger charge is -2.30. The molecule has 0 radical (unpaired) electrons. The van der Waals surface area contributed by atoms with Crippen molar-refractivity contribution in [2.45, 2.75) is 25.8 Å². The average molecular weight is 277 g/mol. The Labute approximate surface area is 120 Å². The molecule has 2 heterocycles. The van der Waals surface area contributed by atoms with Crippen LogP contribution in [0.1, 0.15) is 24.8 Å². The fraction of sp³-hybridized carbons (Fsp3) is 0.625. The standard InChI is InChI=1S/C16H24FN3/c17-15-12-14(13-19-10-6-18-7-11-19)4-5-16(15)20-8-2-1-3-9-20/h4-5,12,18H,1-3,6-11,13H2. The van der Waals surface area contributed by atoms with Gasteiger partial charge in [-0.05, 0) is 37.0 Å². The largest absolute Gasteiger partial charge is 0.369 e. The first-order valence-electron chi connectivity index (χ1n) is 7.79. The topological polar surface area (TPSA) is 18.5 Å². The number of hydrogen-bond donors (Lipinski definition) is 1. The van der Waals surface area contributed by atoms with E-state index in [1.54, 1.807) is 6.07 Å². The van der Waals surface area contributed by atoms with E-state index in [2.05, 4.69) is 21.2 Å². The molecule has 0 spiro atoms. The maximum Gasteiger partial charge on any atom is 0.146 e. The highest BCUT2D eigenvalue weighted by atomic mass is 19.1. The van der Waals surface area contributed by atoms with Crippen LogP contribution in [0.15, 0.2) is 18.2 Å². The van der Waals surface area contributed by atoms with Crippen LogP contribution < -0.4 is 10.2 Å². The first-order valence-corrected chi connectivity index (χ1v) is 7.79. The summed E-state index contributed by atoms with van der Waals surface area (Å²) in [5.74, 6) is -0.0560. The summed E-state index contributed by atoms with van der Waals surface area (Å²) in [6.07, 6.45) is 3.64. The third-order valence-electron chi connectivity index (χ3n) is 4.32. The summed E-state index contributed by atoms with van der Waals surface area (Å²) in [5, 5.41) is 3.34. The Bertz CT molecular complexity index is 437. The summed E-state index contributed by atoms with van der Waals surface area (Å²) in [5.41, 5.74) is 1.87. The van der Waals surface area contributed by atoms with Crippen LogP contribution in [0.5, 0.6) is 0 Å². The van der Waals surface area contributed by atoms with Gasteiger partial charge in [0.2, 0.25) is 0 Å². The maximum absolute atomic E-state index is 14.3. The molecule has 0 bridgehead atoms. The number of piperazine rings is 1. The molecule has 3 nitrogen and oxygen atoms in total. The molecule has 2 aliphatic heterocycles. The van der Waals surface area contributed by atoms with Gasteiger partial charge < -0.3 is 10.2 Å². The van der Waals surface area contributed by atoms with E-state index in [4.69, 9.17) is 0 Å². The average Bonchev–Trinajstić information content (AvgIpc) is 2.49. The van der Waals surface area contributed by atoms with Gasteiger partial charge in [0.25, 0.3) is 0 Å². The Hall–Kier alpha value is -1.13. The zero-order valence-electron chi connectivity index (χ0n) is 12.1. The number of piperidine rings is 1. The van der Waals surface area contributed by atoms with Gasteiger partial charge >= 0.3 is 0 Å². The monoisotopic (exact) mass is 277 g/mol. The first kappa shape index (κ1) is 13.8. The van der Waals surface area contributed by atoms with Crippen molar-refractivity contribution in [3.8, 4) is 0 Å². The summed E-state index contributed by atoms with van der Waals surface area (Å²) in [6.45, 7) is 7.02. The second-order valence-corrected chi connectivity index (χ2v) is 5.86. The quantitative estimate of drug-likeness (QED) is 0.914. The van der Waals surface area contributed by atoms with E-state index in [-0.39, 0.29) is 5.82 Å². The third kappa shape index (κ3) is 3.30. The van der Waals surface area contributed by atoms with Gasteiger partial charge in [-0.1, -0.05) is 6.07 Å². The van der Waals surface area contributed by atoms with Crippen molar-refractivity contribution in [2.24, 2.45) is 0 Å². The van der Waals surface area contributed by atoms with Gasteiger partial charge in [0.1, 0.15) is 5.82 Å². The number of hydrogen-bond acceptors (Lipinski definition) is 3. The van der Waals surface area contributed by atoms with E-state index in [0.717, 1.165) is 57.1 Å². The molecule has 110 valence electrons. The van der Waals surface area contributed by atoms with E-state index >= 15 is 0 Å². The maximum atomic E-state index is 14.3. The lowest BCUT2D eigenvalue weighted by molar-refractivity contribution is 0.233. The van der Waals surface area contributed by atoms with Gasteiger partial charge in [0.15, 0.2) is 0 Å². The predicted molar refractivity (Wildman–Crippen MR) is 80.6 cm³/mol. The molecule has 2 fully saturated rings. The highest BCUT2D eigenvalue weighted by Crippen LogP contribution is 2.24. The summed E-state index contributed by atoms with van der Waals surface area (Å²) >= 11 is 0. The number of nitrogens with one attached hydrogen (secondary N) is 1. The van der Waals surface area contributed by atoms with Gasteiger partial charge in [-0.2, -0.15) is 0 Å². The zero-order valence-corrected chi connectivity index (χ0v) is 12.1. The van der Waals surface area contributed by atoms with E-state index in [9.17, 15) is 4.39 Å². The molecule has 0 atom stereocenters. The Morgan fingerprint density at radius 1 is 1.00 bits per heavy atom. The van der Waals surface area contributed by atoms with Crippen LogP contribution in [0.25, 0.3) is 0 Å². The van der Waals surface area contributed by atoms with Crippen molar-refractivity contribution in [2.75, 3.05) is 44.2 Å². The molecule has 3 rings (SSSR count). The van der Waals surface area contributed by atoms with Crippen LogP contribution in [-0.2, 0) is 6.54 Å². The van der Waals surface area contributed by atoms with Crippen molar-refractivity contribution in [1.82, 2.24) is 10.2 Å². The van der Waals surface area contributed by atoms with Crippen molar-refractivity contribution < 1.29 is 4.39 Å². The Morgan fingerprint density at radius 2 is 1.75 bits per heavy atom. The molecule has 2 saturated heterocycles. The molecule has 20 heavy (non-hydrogen) atoms. The number of halogens is 1. The molecule has 4 heteroatoms. The van der Waals surface area contributed by atoms with Crippen LogP contribution in [-0.4, -0.2) is 44.2 Å². The minimum Gasteiger partial charge on any atom is -0.369 e. The van der Waals surface area contributed by atoms with E-state index in [1.165, 1.54) is 19.3 Å². The normalized spacial score (nSPS) is 21.1. The first-order chi connectivity index (χ1) is 9.83. The fourth-order valence-corrected chi connectivity index (χ4v) is 3.17. The smallest absolute Gasteiger partial charge is 0.146 e. The van der Waals surface area contributed by atoms with Crippen LogP contribution >= 0.6 is 0 Å². The molecular formula is C16H24FN3. The highest BCUT2D eigenvalue weighted by Gasteiger charge is 2.16. The third-order valence-corrected chi connectivity index (χ3v) is 4.32. The van der Waals surface area contributed by atoms with Gasteiger partial charge in [-0.3, -0.25) is 4.90 Å². The van der Waals surface area contributed by atoms with Gasteiger partial charge in [-0.15, -0.1) is 0 Å². The van der Waals surface area contributed by atoms with Crippen LogP contribution in [0.2, 0.25) is 0 Å². The van der Waals surface area contributed by atoms with Gasteiger partial charge in [0, 0.05) is 45.8 Å². The van der Waals surface area contributed by atoms with Crippen molar-refractivity contribution in [3.63, 3.8) is 0 Å². The Morgan fingerprint density at radius 3 is 2.45 bits per heavy atom. The van der Waals surface area contributed by atoms with Crippen molar-refractivity contribution >= 4 is 5.69 Å². The molecule has 0 aromatic heterocycles. The van der Waals surface area contributed by atoms with E-state index in [0.29, 0.717) is 0 Å². The van der Waals surface area contributed by atoms with Crippen LogP contribution in [0, 0.1) is 5.82 Å². The summed E-state index contributed by atoms with van der Waals surface area (Å²) in [7, 11) is 0. The molecular weight excluding hydrogens is 253 g/mol. The van der Waals surface area contributed by atoms with Crippen LogP contribution in [0.4, 0.5) is 10.1 Å². The zero-order chi connectivity index (χ0) is 13.8. The molecule has 1 aromatic carbocycles. The fourth-order valence-electron chi connectivity index (χ4n) is 3.17. The molecule has 1 N–H and O–H groups in total. The van der Waals surface area contributed by atoms with E-state index in [1.807, 2.05) is 6.07 Å². The Balaban J connectivity index is 1.66. The highest BCUT2D eigenvalue weighted by molar-refractivity contribution is 5.49. The van der Waals surface area contributed by atoms with Gasteiger partial charge in [-0.25, -0.2) is 4.39 Å². The van der Waals surface area contributed by atoms with E-state index < -0.39 is 0 Å². The molecule has 1 aromatic rings. The lowest BCUT2D eigenvalue weighted by atomic mass is 10.1. The number of rotatable bonds is 3. The molecule has 0 aliphatic carbocycles. The second-order valence-electron chi connectivity index (χ2n) is 5.86. The number of benzene rings is 1. The Kier molecular flexibility index (Phi) is 4.53. The van der Waals surface area contributed by atoms with Gasteiger partial charge in [0.05, 0.1) is 5.69 Å². The second kappa shape index (κ2) is 6.55. The number of nitrogens with zero attached hydrogens (tertiary/aromatic N) is 2. The SMILES string of the molecule is Fc1cc(CN2CCNCC2)ccc1N1CCCCC1. The number of anilines is 1. The predicted octanol–water partition coefficient (Wildman–Crippen LogP) is 2.22. The molecule has 0 saturated carbocycles. The van der Waals surface area contributed by atoms with Crippen LogP contribution in [0.3, 0.4) is 0 Å². The summed E-state index contributed by atoms with van der Waals surface area (Å²) in [6, 6.07) is 5.79. The lowest BCUT2D eigenvalue weighted by Crippen LogP contribution is -2.42. The minimum atomic E-state index is -0.0560. The molecule has 0 amide bonds. The minimum absolute atomic E-state index is 0.0560. The molecule has 2 aliphatic rings. The summed E-state index contributed by atoms with van der Waals surface area (Å²) < 4.78 is 14.3. The van der Waals surface area contributed by atoms with Crippen molar-refractivity contribution in [3.05, 3.63) is 29.6 Å².